The lowest BCUT2D eigenvalue weighted by Crippen LogP contribution is -2.31. The molecule has 0 bridgehead atoms. The fourth-order valence-corrected chi connectivity index (χ4v) is 4.48. The Bertz CT molecular complexity index is 1120. The van der Waals surface area contributed by atoms with E-state index < -0.39 is 10.0 Å². The van der Waals surface area contributed by atoms with Gasteiger partial charge in [-0.1, -0.05) is 29.8 Å². The lowest BCUT2D eigenvalue weighted by Gasteiger charge is -2.11. The Labute approximate surface area is 167 Å². The number of fused-ring (bicyclic) bond motifs is 2. The minimum atomic E-state index is -3.67. The van der Waals surface area contributed by atoms with Crippen LogP contribution in [0.4, 0.5) is 0 Å². The van der Waals surface area contributed by atoms with Gasteiger partial charge in [0.2, 0.25) is 16.8 Å². The van der Waals surface area contributed by atoms with Crippen LogP contribution >= 0.6 is 11.6 Å². The predicted octanol–water partition coefficient (Wildman–Crippen LogP) is 2.69. The Kier molecular flexibility index (Phi) is 5.36. The second kappa shape index (κ2) is 7.92. The molecule has 1 aliphatic heterocycles. The largest absolute Gasteiger partial charge is 0.454 e. The quantitative estimate of drug-likeness (QED) is 0.452. The van der Waals surface area contributed by atoms with Gasteiger partial charge in [0.05, 0.1) is 4.90 Å². The first-order valence-corrected chi connectivity index (χ1v) is 10.5. The molecule has 2 aromatic carbocycles. The highest BCUT2D eigenvalue weighted by molar-refractivity contribution is 7.89. The van der Waals surface area contributed by atoms with Gasteiger partial charge in [-0.3, -0.25) is 0 Å². The third kappa shape index (κ3) is 3.90. The Hall–Kier alpha value is -2.39. The number of nitrogens with one attached hydrogen (secondary N) is 2. The molecule has 4 rings (SSSR count). The van der Waals surface area contributed by atoms with Crippen LogP contribution in [0.1, 0.15) is 5.56 Å². The molecule has 0 atom stereocenters. The monoisotopic (exact) mass is 419 g/mol. The lowest BCUT2D eigenvalue weighted by atomic mass is 10.2. The van der Waals surface area contributed by atoms with Gasteiger partial charge in [0.15, 0.2) is 11.5 Å². The first-order chi connectivity index (χ1) is 13.5. The Balaban J connectivity index is 1.35. The van der Waals surface area contributed by atoms with Gasteiger partial charge in [-0.05, 0) is 29.8 Å². The smallest absolute Gasteiger partial charge is 0.241 e. The molecule has 7 nitrogen and oxygen atoms in total. The van der Waals surface area contributed by atoms with Crippen LogP contribution in [-0.4, -0.2) is 33.3 Å². The first kappa shape index (κ1) is 18.9. The number of sulfonamides is 1. The number of benzene rings is 2. The van der Waals surface area contributed by atoms with Crippen molar-refractivity contribution in [3.63, 3.8) is 0 Å². The molecule has 0 radical (unpaired) electrons. The van der Waals surface area contributed by atoms with E-state index in [4.69, 9.17) is 21.1 Å². The second-order valence-corrected chi connectivity index (χ2v) is 8.31. The van der Waals surface area contributed by atoms with Crippen molar-refractivity contribution in [2.24, 2.45) is 0 Å². The fourth-order valence-electron chi connectivity index (χ4n) is 3.01. The molecule has 146 valence electrons. The number of halogens is 1. The number of pyridine rings is 1. The van der Waals surface area contributed by atoms with Crippen molar-refractivity contribution in [3.05, 3.63) is 59.4 Å². The Morgan fingerprint density at radius 2 is 1.89 bits per heavy atom. The molecule has 28 heavy (non-hydrogen) atoms. The SMILES string of the molecule is O=S(=O)(NCCNCc1ccc2c(c1)OCO2)c1cccc2c(Cl)nccc12. The molecule has 0 amide bonds. The average Bonchev–Trinajstić information content (AvgIpc) is 3.15. The van der Waals surface area contributed by atoms with E-state index in [1.807, 2.05) is 18.2 Å². The second-order valence-electron chi connectivity index (χ2n) is 6.22. The lowest BCUT2D eigenvalue weighted by molar-refractivity contribution is 0.174. The van der Waals surface area contributed by atoms with Crippen molar-refractivity contribution in [2.45, 2.75) is 11.4 Å². The highest BCUT2D eigenvalue weighted by Gasteiger charge is 2.18. The summed E-state index contributed by atoms with van der Waals surface area (Å²) in [6, 6.07) is 12.3. The molecule has 0 saturated heterocycles. The predicted molar refractivity (Wildman–Crippen MR) is 106 cm³/mol. The molecule has 1 aromatic heterocycles. The molecular formula is C19H18ClN3O4S. The van der Waals surface area contributed by atoms with E-state index in [0.717, 1.165) is 17.1 Å². The Morgan fingerprint density at radius 1 is 1.04 bits per heavy atom. The zero-order chi connectivity index (χ0) is 19.6. The van der Waals surface area contributed by atoms with Crippen LogP contribution < -0.4 is 19.5 Å². The van der Waals surface area contributed by atoms with Gasteiger partial charge in [0, 0.05) is 36.6 Å². The van der Waals surface area contributed by atoms with Crippen LogP contribution in [0.25, 0.3) is 10.8 Å². The average molecular weight is 420 g/mol. The summed E-state index contributed by atoms with van der Waals surface area (Å²) in [5.41, 5.74) is 1.03. The van der Waals surface area contributed by atoms with E-state index in [1.54, 1.807) is 24.3 Å². The summed E-state index contributed by atoms with van der Waals surface area (Å²) in [5.74, 6) is 1.46. The van der Waals surface area contributed by atoms with Crippen molar-refractivity contribution >= 4 is 32.4 Å². The molecule has 2 heterocycles. The van der Waals surface area contributed by atoms with Crippen molar-refractivity contribution in [1.82, 2.24) is 15.0 Å². The van der Waals surface area contributed by atoms with Crippen molar-refractivity contribution in [2.75, 3.05) is 19.9 Å². The number of aromatic nitrogens is 1. The summed E-state index contributed by atoms with van der Waals surface area (Å²) in [6.07, 6.45) is 1.50. The summed E-state index contributed by atoms with van der Waals surface area (Å²) in [7, 11) is -3.67. The fraction of sp³-hybridized carbons (Fsp3) is 0.211. The molecule has 0 unspecified atom stereocenters. The topological polar surface area (TPSA) is 89.6 Å². The van der Waals surface area contributed by atoms with Crippen molar-refractivity contribution in [1.29, 1.82) is 0 Å². The van der Waals surface area contributed by atoms with Gasteiger partial charge < -0.3 is 14.8 Å². The molecule has 2 N–H and O–H groups in total. The summed E-state index contributed by atoms with van der Waals surface area (Å²) in [4.78, 5) is 4.18. The Morgan fingerprint density at radius 3 is 2.79 bits per heavy atom. The molecule has 0 saturated carbocycles. The van der Waals surface area contributed by atoms with Gasteiger partial charge in [-0.15, -0.1) is 0 Å². The number of ether oxygens (including phenoxy) is 2. The summed E-state index contributed by atoms with van der Waals surface area (Å²) < 4.78 is 38.6. The number of hydrogen-bond donors (Lipinski definition) is 2. The van der Waals surface area contributed by atoms with E-state index in [2.05, 4.69) is 15.0 Å². The highest BCUT2D eigenvalue weighted by atomic mass is 35.5. The third-order valence-electron chi connectivity index (χ3n) is 4.37. The number of rotatable bonds is 7. The number of nitrogens with zero attached hydrogens (tertiary/aromatic N) is 1. The van der Waals surface area contributed by atoms with Gasteiger partial charge in [-0.25, -0.2) is 18.1 Å². The summed E-state index contributed by atoms with van der Waals surface area (Å²) in [5, 5.41) is 4.64. The van der Waals surface area contributed by atoms with Gasteiger partial charge in [0.25, 0.3) is 0 Å². The molecular weight excluding hydrogens is 402 g/mol. The van der Waals surface area contributed by atoms with Crippen molar-refractivity contribution in [3.8, 4) is 11.5 Å². The normalized spacial score (nSPS) is 13.2. The maximum Gasteiger partial charge on any atom is 0.241 e. The number of hydrogen-bond acceptors (Lipinski definition) is 6. The third-order valence-corrected chi connectivity index (χ3v) is 6.19. The minimum absolute atomic E-state index is 0.185. The van der Waals surface area contributed by atoms with Crippen LogP contribution in [0.2, 0.25) is 5.15 Å². The summed E-state index contributed by atoms with van der Waals surface area (Å²) >= 11 is 6.07. The zero-order valence-corrected chi connectivity index (χ0v) is 16.4. The molecule has 0 aliphatic carbocycles. The minimum Gasteiger partial charge on any atom is -0.454 e. The maximum absolute atomic E-state index is 12.7. The standard InChI is InChI=1S/C19H18ClN3O4S/c20-19-15-2-1-3-18(14(15)6-7-22-19)28(24,25)23-9-8-21-11-13-4-5-16-17(10-13)27-12-26-16/h1-7,10,21,23H,8-9,11-12H2. The van der Waals surface area contributed by atoms with Gasteiger partial charge >= 0.3 is 0 Å². The maximum atomic E-state index is 12.7. The highest BCUT2D eigenvalue weighted by Crippen LogP contribution is 2.32. The van der Waals surface area contributed by atoms with Crippen LogP contribution in [0.15, 0.2) is 53.6 Å². The molecule has 0 fully saturated rings. The molecule has 0 spiro atoms. The molecule has 9 heteroatoms. The van der Waals surface area contributed by atoms with Crippen molar-refractivity contribution < 1.29 is 17.9 Å². The van der Waals surface area contributed by atoms with Crippen LogP contribution in [0, 0.1) is 0 Å². The first-order valence-electron chi connectivity index (χ1n) is 8.67. The summed E-state index contributed by atoms with van der Waals surface area (Å²) in [6.45, 7) is 1.56. The van der Waals surface area contributed by atoms with E-state index in [0.29, 0.717) is 23.9 Å². The van der Waals surface area contributed by atoms with E-state index in [1.165, 1.54) is 6.20 Å². The van der Waals surface area contributed by atoms with E-state index in [-0.39, 0.29) is 23.4 Å². The van der Waals surface area contributed by atoms with E-state index >= 15 is 0 Å². The van der Waals surface area contributed by atoms with Crippen LogP contribution in [-0.2, 0) is 16.6 Å². The van der Waals surface area contributed by atoms with Crippen LogP contribution in [0.5, 0.6) is 11.5 Å². The molecule has 3 aromatic rings. The van der Waals surface area contributed by atoms with E-state index in [9.17, 15) is 8.42 Å². The van der Waals surface area contributed by atoms with Crippen LogP contribution in [0.3, 0.4) is 0 Å². The van der Waals surface area contributed by atoms with Gasteiger partial charge in [-0.2, -0.15) is 0 Å². The molecule has 1 aliphatic rings. The van der Waals surface area contributed by atoms with Gasteiger partial charge in [0.1, 0.15) is 5.15 Å². The zero-order valence-electron chi connectivity index (χ0n) is 14.8.